The van der Waals surface area contributed by atoms with Crippen molar-refractivity contribution in [1.29, 1.82) is 0 Å². The van der Waals surface area contributed by atoms with Gasteiger partial charge in [-0.25, -0.2) is 4.79 Å². The molecular formula is C11H10BrN3O2. The molecule has 0 radical (unpaired) electrons. The van der Waals surface area contributed by atoms with Crippen molar-refractivity contribution in [2.45, 2.75) is 6.54 Å². The smallest absolute Gasteiger partial charge is 0.328 e. The lowest BCUT2D eigenvalue weighted by molar-refractivity contribution is 0.717. The van der Waals surface area contributed by atoms with Crippen LogP contribution in [0.15, 0.2) is 44.5 Å². The molecule has 17 heavy (non-hydrogen) atoms. The standard InChI is InChI=1S/C11H10BrN3O2/c12-8-6-15(11(17)14-10(8)16)5-7-3-1-2-4-9(7)13/h1-4,6H,5,13H2,(H,14,16,17). The van der Waals surface area contributed by atoms with Crippen molar-refractivity contribution < 1.29 is 0 Å². The monoisotopic (exact) mass is 295 g/mol. The SMILES string of the molecule is Nc1ccccc1Cn1cc(Br)c(=O)[nH]c1=O. The van der Waals surface area contributed by atoms with Gasteiger partial charge in [0.25, 0.3) is 5.56 Å². The maximum atomic E-state index is 11.6. The Bertz CT molecular complexity index is 660. The number of anilines is 1. The van der Waals surface area contributed by atoms with Gasteiger partial charge in [-0.15, -0.1) is 0 Å². The third-order valence-corrected chi connectivity index (χ3v) is 2.93. The number of nitrogens with zero attached hydrogens (tertiary/aromatic N) is 1. The van der Waals surface area contributed by atoms with E-state index in [1.54, 1.807) is 6.07 Å². The van der Waals surface area contributed by atoms with Gasteiger partial charge in [-0.1, -0.05) is 18.2 Å². The molecule has 0 amide bonds. The van der Waals surface area contributed by atoms with Gasteiger partial charge < -0.3 is 5.73 Å². The number of halogens is 1. The van der Waals surface area contributed by atoms with Gasteiger partial charge in [-0.3, -0.25) is 14.3 Å². The molecule has 1 heterocycles. The van der Waals surface area contributed by atoms with E-state index in [4.69, 9.17) is 5.73 Å². The molecule has 0 bridgehead atoms. The Morgan fingerprint density at radius 2 is 2.00 bits per heavy atom. The maximum absolute atomic E-state index is 11.6. The van der Waals surface area contributed by atoms with Gasteiger partial charge in [0.2, 0.25) is 0 Å². The Morgan fingerprint density at radius 1 is 1.29 bits per heavy atom. The molecule has 3 N–H and O–H groups in total. The predicted molar refractivity (Wildman–Crippen MR) is 69.0 cm³/mol. The highest BCUT2D eigenvalue weighted by Crippen LogP contribution is 2.11. The van der Waals surface area contributed by atoms with E-state index >= 15 is 0 Å². The van der Waals surface area contributed by atoms with E-state index in [1.165, 1.54) is 10.8 Å². The molecular weight excluding hydrogens is 286 g/mol. The van der Waals surface area contributed by atoms with Crippen molar-refractivity contribution in [2.24, 2.45) is 0 Å². The molecule has 2 aromatic rings. The molecule has 0 saturated heterocycles. The fraction of sp³-hybridized carbons (Fsp3) is 0.0909. The lowest BCUT2D eigenvalue weighted by Crippen LogP contribution is -2.30. The van der Waals surface area contributed by atoms with Crippen LogP contribution in [0.2, 0.25) is 0 Å². The summed E-state index contributed by atoms with van der Waals surface area (Å²) < 4.78 is 1.70. The molecule has 0 fully saturated rings. The molecule has 88 valence electrons. The van der Waals surface area contributed by atoms with Gasteiger partial charge in [0.15, 0.2) is 0 Å². The largest absolute Gasteiger partial charge is 0.398 e. The number of benzene rings is 1. The summed E-state index contributed by atoms with van der Waals surface area (Å²) in [5.41, 5.74) is 6.33. The zero-order valence-corrected chi connectivity index (χ0v) is 10.4. The summed E-state index contributed by atoms with van der Waals surface area (Å²) in [5.74, 6) is 0. The molecule has 0 aliphatic heterocycles. The molecule has 0 saturated carbocycles. The highest BCUT2D eigenvalue weighted by molar-refractivity contribution is 9.10. The fourth-order valence-electron chi connectivity index (χ4n) is 1.46. The number of H-pyrrole nitrogens is 1. The Morgan fingerprint density at radius 3 is 2.71 bits per heavy atom. The highest BCUT2D eigenvalue weighted by Gasteiger charge is 2.04. The summed E-state index contributed by atoms with van der Waals surface area (Å²) in [5, 5.41) is 0. The molecule has 6 heteroatoms. The summed E-state index contributed by atoms with van der Waals surface area (Å²) in [6.07, 6.45) is 1.45. The van der Waals surface area contributed by atoms with E-state index in [0.717, 1.165) is 5.56 Å². The van der Waals surface area contributed by atoms with Crippen LogP contribution in [-0.4, -0.2) is 9.55 Å². The highest BCUT2D eigenvalue weighted by atomic mass is 79.9. The van der Waals surface area contributed by atoms with Crippen molar-refractivity contribution in [3.8, 4) is 0 Å². The van der Waals surface area contributed by atoms with Crippen LogP contribution in [0.3, 0.4) is 0 Å². The lowest BCUT2D eigenvalue weighted by Gasteiger charge is -2.07. The van der Waals surface area contributed by atoms with Crippen LogP contribution in [0.4, 0.5) is 5.69 Å². The summed E-state index contributed by atoms with van der Waals surface area (Å²) in [7, 11) is 0. The molecule has 0 aliphatic carbocycles. The number of nitrogen functional groups attached to an aromatic ring is 1. The van der Waals surface area contributed by atoms with E-state index in [9.17, 15) is 9.59 Å². The van der Waals surface area contributed by atoms with Gasteiger partial charge in [0.05, 0.1) is 11.0 Å². The van der Waals surface area contributed by atoms with Crippen molar-refractivity contribution in [1.82, 2.24) is 9.55 Å². The molecule has 1 aromatic carbocycles. The molecule has 1 aromatic heterocycles. The van der Waals surface area contributed by atoms with Crippen LogP contribution in [-0.2, 0) is 6.54 Å². The van der Waals surface area contributed by atoms with E-state index < -0.39 is 11.2 Å². The van der Waals surface area contributed by atoms with E-state index in [2.05, 4.69) is 20.9 Å². The van der Waals surface area contributed by atoms with Crippen LogP contribution in [0.5, 0.6) is 0 Å². The number of para-hydroxylation sites is 1. The van der Waals surface area contributed by atoms with Crippen molar-refractivity contribution in [3.63, 3.8) is 0 Å². The summed E-state index contributed by atoms with van der Waals surface area (Å²) in [6, 6.07) is 7.27. The van der Waals surface area contributed by atoms with Crippen LogP contribution in [0.1, 0.15) is 5.56 Å². The molecule has 0 spiro atoms. The number of aromatic amines is 1. The Balaban J connectivity index is 2.44. The fourth-order valence-corrected chi connectivity index (χ4v) is 1.81. The third kappa shape index (κ3) is 2.47. The maximum Gasteiger partial charge on any atom is 0.328 e. The number of hydrogen-bond acceptors (Lipinski definition) is 3. The van der Waals surface area contributed by atoms with Crippen LogP contribution >= 0.6 is 15.9 Å². The first-order valence-corrected chi connectivity index (χ1v) is 5.70. The first kappa shape index (κ1) is 11.7. The van der Waals surface area contributed by atoms with Gasteiger partial charge in [-0.2, -0.15) is 0 Å². The average molecular weight is 296 g/mol. The van der Waals surface area contributed by atoms with Gasteiger partial charge in [0.1, 0.15) is 0 Å². The second kappa shape index (κ2) is 4.58. The first-order chi connectivity index (χ1) is 8.08. The van der Waals surface area contributed by atoms with Gasteiger partial charge in [0, 0.05) is 11.9 Å². The summed E-state index contributed by atoms with van der Waals surface area (Å²) in [4.78, 5) is 24.9. The zero-order chi connectivity index (χ0) is 12.4. The van der Waals surface area contributed by atoms with Crippen LogP contribution in [0.25, 0.3) is 0 Å². The molecule has 0 atom stereocenters. The van der Waals surface area contributed by atoms with E-state index in [1.807, 2.05) is 18.2 Å². The minimum Gasteiger partial charge on any atom is -0.398 e. The van der Waals surface area contributed by atoms with Gasteiger partial charge in [-0.05, 0) is 27.6 Å². The number of rotatable bonds is 2. The molecule has 0 aliphatic rings. The minimum absolute atomic E-state index is 0.312. The third-order valence-electron chi connectivity index (χ3n) is 2.36. The first-order valence-electron chi connectivity index (χ1n) is 4.90. The number of hydrogen-bond donors (Lipinski definition) is 2. The summed E-state index contributed by atoms with van der Waals surface area (Å²) >= 11 is 3.08. The Hall–Kier alpha value is -1.82. The Labute approximate surface area is 105 Å². The van der Waals surface area contributed by atoms with Crippen molar-refractivity contribution in [3.05, 3.63) is 61.3 Å². The van der Waals surface area contributed by atoms with Crippen molar-refractivity contribution in [2.75, 3.05) is 5.73 Å². The topological polar surface area (TPSA) is 80.9 Å². The predicted octanol–water partition coefficient (Wildman–Crippen LogP) is 0.930. The van der Waals surface area contributed by atoms with E-state index in [-0.39, 0.29) is 0 Å². The number of nitrogens with two attached hydrogens (primary N) is 1. The lowest BCUT2D eigenvalue weighted by atomic mass is 10.2. The van der Waals surface area contributed by atoms with Crippen LogP contribution in [0, 0.1) is 0 Å². The Kier molecular flexibility index (Phi) is 3.14. The van der Waals surface area contributed by atoms with Crippen LogP contribution < -0.4 is 17.0 Å². The second-order valence-electron chi connectivity index (χ2n) is 3.56. The van der Waals surface area contributed by atoms with Gasteiger partial charge >= 0.3 is 5.69 Å². The average Bonchev–Trinajstić information content (AvgIpc) is 2.29. The van der Waals surface area contributed by atoms with E-state index in [0.29, 0.717) is 16.7 Å². The molecule has 2 rings (SSSR count). The number of aromatic nitrogens is 2. The quantitative estimate of drug-likeness (QED) is 0.809. The normalized spacial score (nSPS) is 10.4. The summed E-state index contributed by atoms with van der Waals surface area (Å²) in [6.45, 7) is 0.320. The number of nitrogens with one attached hydrogen (secondary N) is 1. The molecule has 5 nitrogen and oxygen atoms in total. The van der Waals surface area contributed by atoms with Crippen molar-refractivity contribution >= 4 is 21.6 Å². The minimum atomic E-state index is -0.457. The zero-order valence-electron chi connectivity index (χ0n) is 8.81. The molecule has 0 unspecified atom stereocenters. The second-order valence-corrected chi connectivity index (χ2v) is 4.42.